The lowest BCUT2D eigenvalue weighted by molar-refractivity contribution is 0.105. The predicted octanol–water partition coefficient (Wildman–Crippen LogP) is 8.81. The molecule has 0 atom stereocenters. The minimum atomic E-state index is -3.80. The monoisotopic (exact) mass is 496 g/mol. The van der Waals surface area contributed by atoms with Crippen LogP contribution in [0.1, 0.15) is 43.7 Å². The molecule has 3 aromatic carbocycles. The highest BCUT2D eigenvalue weighted by Gasteiger charge is 2.35. The van der Waals surface area contributed by atoms with Crippen LogP contribution < -0.4 is 0 Å². The molecule has 0 fully saturated rings. The average Bonchev–Trinajstić information content (AvgIpc) is 2.66. The highest BCUT2D eigenvalue weighted by Crippen LogP contribution is 2.41. The minimum absolute atomic E-state index is 0.0807. The molecule has 3 rings (SSSR count). The van der Waals surface area contributed by atoms with Gasteiger partial charge in [0.15, 0.2) is 0 Å². The molecule has 0 saturated heterocycles. The van der Waals surface area contributed by atoms with Gasteiger partial charge in [-0.25, -0.2) is 8.78 Å². The molecule has 0 N–H and O–H groups in total. The Balaban J connectivity index is 1.97. The molecule has 0 spiro atoms. The van der Waals surface area contributed by atoms with Crippen LogP contribution in [0.5, 0.6) is 0 Å². The molecule has 6 heteroatoms. The molecule has 0 aliphatic carbocycles. The van der Waals surface area contributed by atoms with Gasteiger partial charge in [-0.05, 0) is 57.6 Å². The van der Waals surface area contributed by atoms with Gasteiger partial charge in [0.25, 0.3) is 0 Å². The summed E-state index contributed by atoms with van der Waals surface area (Å²) >= 11 is 8.49. The van der Waals surface area contributed by atoms with E-state index in [1.165, 1.54) is 0 Å². The van der Waals surface area contributed by atoms with Crippen molar-refractivity contribution in [1.82, 2.24) is 0 Å². The Labute approximate surface area is 186 Å². The molecule has 30 heavy (non-hydrogen) atoms. The standard InChI is InChI=1S/C24H18BrClF4/c1-2-3-4-5-6-7-15-8-10-18-16(12-15)9-11-19(23(18)26)17-13-20(27)22(21(28)14-17)24(25,29)30/h8-14H,2-5H2,1H3. The third-order valence-corrected chi connectivity index (χ3v) is 5.53. The molecule has 0 bridgehead atoms. The first-order valence-electron chi connectivity index (χ1n) is 9.50. The van der Waals surface area contributed by atoms with Crippen molar-refractivity contribution >= 4 is 38.3 Å². The molecule has 0 radical (unpaired) electrons. The van der Waals surface area contributed by atoms with Crippen molar-refractivity contribution < 1.29 is 17.6 Å². The van der Waals surface area contributed by atoms with E-state index in [-0.39, 0.29) is 10.6 Å². The fourth-order valence-electron chi connectivity index (χ4n) is 3.22. The van der Waals surface area contributed by atoms with Crippen molar-refractivity contribution in [2.75, 3.05) is 0 Å². The fraction of sp³-hybridized carbons (Fsp3) is 0.250. The zero-order valence-corrected chi connectivity index (χ0v) is 18.5. The molecular formula is C24H18BrClF4. The second kappa shape index (κ2) is 9.41. The molecule has 0 heterocycles. The van der Waals surface area contributed by atoms with E-state index in [0.29, 0.717) is 10.9 Å². The molecule has 0 amide bonds. The van der Waals surface area contributed by atoms with Crippen LogP contribution in [0.2, 0.25) is 5.02 Å². The number of halogens is 6. The summed E-state index contributed by atoms with van der Waals surface area (Å²) in [6, 6.07) is 10.6. The molecule has 0 aliphatic heterocycles. The van der Waals surface area contributed by atoms with Crippen molar-refractivity contribution in [3.8, 4) is 23.0 Å². The first-order chi connectivity index (χ1) is 14.2. The largest absolute Gasteiger partial charge is 0.332 e. The number of fused-ring (bicyclic) bond motifs is 1. The van der Waals surface area contributed by atoms with E-state index in [2.05, 4.69) is 18.8 Å². The normalized spacial score (nSPS) is 11.4. The maximum atomic E-state index is 14.2. The minimum Gasteiger partial charge on any atom is -0.206 e. The van der Waals surface area contributed by atoms with Gasteiger partial charge >= 0.3 is 4.83 Å². The average molecular weight is 498 g/mol. The number of alkyl halides is 3. The second-order valence-corrected chi connectivity index (χ2v) is 8.31. The van der Waals surface area contributed by atoms with Gasteiger partial charge in [0.05, 0.1) is 5.02 Å². The summed E-state index contributed by atoms with van der Waals surface area (Å²) in [4.78, 5) is -3.80. The van der Waals surface area contributed by atoms with Crippen LogP contribution in [0, 0.1) is 23.5 Å². The van der Waals surface area contributed by atoms with Crippen LogP contribution in [-0.4, -0.2) is 0 Å². The van der Waals surface area contributed by atoms with Crippen LogP contribution >= 0.6 is 27.5 Å². The van der Waals surface area contributed by atoms with Gasteiger partial charge in [0.2, 0.25) is 0 Å². The number of rotatable bonds is 5. The maximum Gasteiger partial charge on any atom is 0.332 e. The van der Waals surface area contributed by atoms with Crippen molar-refractivity contribution in [3.05, 3.63) is 70.2 Å². The molecule has 0 unspecified atom stereocenters. The number of benzene rings is 3. The van der Waals surface area contributed by atoms with Crippen molar-refractivity contribution in [1.29, 1.82) is 0 Å². The molecule has 156 valence electrons. The summed E-state index contributed by atoms with van der Waals surface area (Å²) in [5, 5.41) is 1.79. The number of unbranched alkanes of at least 4 members (excludes halogenated alkanes) is 3. The van der Waals surface area contributed by atoms with Crippen LogP contribution in [0.3, 0.4) is 0 Å². The summed E-state index contributed by atoms with van der Waals surface area (Å²) in [5.41, 5.74) is -0.0453. The van der Waals surface area contributed by atoms with Crippen LogP contribution in [0.15, 0.2) is 42.5 Å². The topological polar surface area (TPSA) is 0 Å². The number of hydrogen-bond donors (Lipinski definition) is 0. The number of hydrogen-bond acceptors (Lipinski definition) is 0. The summed E-state index contributed by atoms with van der Waals surface area (Å²) in [6.45, 7) is 2.14. The summed E-state index contributed by atoms with van der Waals surface area (Å²) in [7, 11) is 0. The van der Waals surface area contributed by atoms with Gasteiger partial charge in [0.1, 0.15) is 17.2 Å². The lowest BCUT2D eigenvalue weighted by Crippen LogP contribution is -2.09. The predicted molar refractivity (Wildman–Crippen MR) is 118 cm³/mol. The summed E-state index contributed by atoms with van der Waals surface area (Å²) < 4.78 is 55.1. The Hall–Kier alpha value is -2.03. The Morgan fingerprint density at radius 2 is 1.70 bits per heavy atom. The van der Waals surface area contributed by atoms with E-state index in [4.69, 9.17) is 11.6 Å². The first-order valence-corrected chi connectivity index (χ1v) is 10.7. The zero-order chi connectivity index (χ0) is 21.9. The Morgan fingerprint density at radius 1 is 1.00 bits per heavy atom. The van der Waals surface area contributed by atoms with E-state index in [0.717, 1.165) is 48.8 Å². The van der Waals surface area contributed by atoms with Crippen LogP contribution in [0.25, 0.3) is 21.9 Å². The van der Waals surface area contributed by atoms with Gasteiger partial charge in [-0.3, -0.25) is 0 Å². The van der Waals surface area contributed by atoms with E-state index in [1.807, 2.05) is 28.1 Å². The van der Waals surface area contributed by atoms with Gasteiger partial charge in [-0.15, -0.1) is 0 Å². The van der Waals surface area contributed by atoms with Crippen LogP contribution in [0.4, 0.5) is 17.6 Å². The quantitative estimate of drug-likeness (QED) is 0.143. The Bertz CT molecular complexity index is 1120. The third kappa shape index (κ3) is 4.99. The molecule has 0 aromatic heterocycles. The zero-order valence-electron chi connectivity index (χ0n) is 16.1. The molecule has 0 saturated carbocycles. The summed E-state index contributed by atoms with van der Waals surface area (Å²) in [6.07, 6.45) is 4.21. The first kappa shape index (κ1) is 22.7. The maximum absolute atomic E-state index is 14.2. The smallest absolute Gasteiger partial charge is 0.206 e. The summed E-state index contributed by atoms with van der Waals surface area (Å²) in [5.74, 6) is 3.58. The van der Waals surface area contributed by atoms with E-state index < -0.39 is 22.0 Å². The highest BCUT2D eigenvalue weighted by atomic mass is 79.9. The molecule has 0 nitrogen and oxygen atoms in total. The lowest BCUT2D eigenvalue weighted by Gasteiger charge is -2.14. The molecular weight excluding hydrogens is 480 g/mol. The Kier molecular flexibility index (Phi) is 7.10. The SMILES string of the molecule is CCCCCC#Cc1ccc2c(Cl)c(-c3cc(F)c(C(F)(F)Br)c(F)c3)ccc2c1. The molecule has 3 aromatic rings. The van der Waals surface area contributed by atoms with Gasteiger partial charge in [-0.2, -0.15) is 8.78 Å². The Morgan fingerprint density at radius 3 is 2.33 bits per heavy atom. The van der Waals surface area contributed by atoms with Gasteiger partial charge in [0, 0.05) is 22.9 Å². The second-order valence-electron chi connectivity index (χ2n) is 6.93. The van der Waals surface area contributed by atoms with Crippen molar-refractivity contribution in [2.45, 2.75) is 37.4 Å². The lowest BCUT2D eigenvalue weighted by atomic mass is 9.98. The van der Waals surface area contributed by atoms with Crippen molar-refractivity contribution in [2.24, 2.45) is 0 Å². The van der Waals surface area contributed by atoms with Crippen LogP contribution in [-0.2, 0) is 4.83 Å². The van der Waals surface area contributed by atoms with E-state index >= 15 is 0 Å². The van der Waals surface area contributed by atoms with Crippen molar-refractivity contribution in [3.63, 3.8) is 0 Å². The van der Waals surface area contributed by atoms with Gasteiger partial charge in [-0.1, -0.05) is 61.4 Å². The highest BCUT2D eigenvalue weighted by molar-refractivity contribution is 9.09. The fourth-order valence-corrected chi connectivity index (χ4v) is 3.94. The third-order valence-electron chi connectivity index (χ3n) is 4.73. The van der Waals surface area contributed by atoms with E-state index in [9.17, 15) is 17.6 Å². The van der Waals surface area contributed by atoms with Gasteiger partial charge < -0.3 is 0 Å². The van der Waals surface area contributed by atoms with E-state index in [1.54, 1.807) is 18.2 Å². The molecule has 0 aliphatic rings.